The summed E-state index contributed by atoms with van der Waals surface area (Å²) in [5, 5.41) is 0. The summed E-state index contributed by atoms with van der Waals surface area (Å²) in [4.78, 5) is 11.6. The van der Waals surface area contributed by atoms with Crippen LogP contribution in [0, 0.1) is 11.6 Å². The van der Waals surface area contributed by atoms with Gasteiger partial charge in [-0.2, -0.15) is 0 Å². The van der Waals surface area contributed by atoms with E-state index in [4.69, 9.17) is 0 Å². The van der Waals surface area contributed by atoms with Crippen LogP contribution in [0.25, 0.3) is 0 Å². The molecule has 0 saturated carbocycles. The number of carbonyl (C=O) groups excluding carboxylic acids is 1. The average molecular weight is 240 g/mol. The average Bonchev–Trinajstić information content (AvgIpc) is 2.27. The van der Waals surface area contributed by atoms with Crippen molar-refractivity contribution in [2.45, 2.75) is 45.4 Å². The third kappa shape index (κ3) is 5.07. The fourth-order valence-corrected chi connectivity index (χ4v) is 1.75. The minimum Gasteiger partial charge on any atom is -0.294 e. The molecule has 0 saturated heterocycles. The van der Waals surface area contributed by atoms with Gasteiger partial charge in [0.05, 0.1) is 0 Å². The minimum absolute atomic E-state index is 0.137. The van der Waals surface area contributed by atoms with E-state index < -0.39 is 11.6 Å². The standard InChI is InChI=1S/C14H18F2O/c1-2-3-4-5-6-7-14(17)11-8-12(15)10-13(16)9-11/h8-10H,2-7H2,1H3. The van der Waals surface area contributed by atoms with E-state index in [2.05, 4.69) is 6.92 Å². The van der Waals surface area contributed by atoms with Crippen molar-refractivity contribution >= 4 is 5.78 Å². The molecule has 0 bridgehead atoms. The number of rotatable bonds is 7. The Morgan fingerprint density at radius 3 is 2.18 bits per heavy atom. The smallest absolute Gasteiger partial charge is 0.163 e. The van der Waals surface area contributed by atoms with Crippen LogP contribution in [0.4, 0.5) is 8.78 Å². The van der Waals surface area contributed by atoms with Crippen molar-refractivity contribution in [1.29, 1.82) is 0 Å². The number of benzene rings is 1. The predicted molar refractivity (Wildman–Crippen MR) is 64.1 cm³/mol. The molecule has 0 unspecified atom stereocenters. The lowest BCUT2D eigenvalue weighted by Gasteiger charge is -2.02. The summed E-state index contributed by atoms with van der Waals surface area (Å²) in [6.45, 7) is 2.13. The molecule has 0 fully saturated rings. The van der Waals surface area contributed by atoms with Crippen LogP contribution in [-0.4, -0.2) is 5.78 Å². The van der Waals surface area contributed by atoms with Gasteiger partial charge < -0.3 is 0 Å². The minimum atomic E-state index is -0.695. The Labute approximate surface area is 101 Å². The summed E-state index contributed by atoms with van der Waals surface area (Å²) >= 11 is 0. The third-order valence-electron chi connectivity index (χ3n) is 2.69. The normalized spacial score (nSPS) is 10.5. The van der Waals surface area contributed by atoms with E-state index in [1.54, 1.807) is 0 Å². The van der Waals surface area contributed by atoms with E-state index in [1.807, 2.05) is 0 Å². The second-order valence-corrected chi connectivity index (χ2v) is 4.25. The second kappa shape index (κ2) is 7.15. The van der Waals surface area contributed by atoms with Crippen molar-refractivity contribution in [3.63, 3.8) is 0 Å². The molecular weight excluding hydrogens is 222 g/mol. The number of hydrogen-bond donors (Lipinski definition) is 0. The van der Waals surface area contributed by atoms with Crippen LogP contribution >= 0.6 is 0 Å². The highest BCUT2D eigenvalue weighted by molar-refractivity contribution is 5.96. The number of Topliss-reactive ketones (excluding diaryl/α,β-unsaturated/α-hetero) is 1. The molecule has 17 heavy (non-hydrogen) atoms. The number of ketones is 1. The first-order valence-corrected chi connectivity index (χ1v) is 6.12. The number of hydrogen-bond acceptors (Lipinski definition) is 1. The van der Waals surface area contributed by atoms with Gasteiger partial charge in [-0.1, -0.05) is 32.6 Å². The molecule has 0 aliphatic heterocycles. The summed E-state index contributed by atoms with van der Waals surface area (Å²) in [7, 11) is 0. The summed E-state index contributed by atoms with van der Waals surface area (Å²) in [5.74, 6) is -1.57. The lowest BCUT2D eigenvalue weighted by atomic mass is 10.0. The van der Waals surface area contributed by atoms with Crippen molar-refractivity contribution < 1.29 is 13.6 Å². The molecule has 0 N–H and O–H groups in total. The van der Waals surface area contributed by atoms with Gasteiger partial charge >= 0.3 is 0 Å². The summed E-state index contributed by atoms with van der Waals surface area (Å²) in [6.07, 6.45) is 5.59. The molecule has 1 aromatic rings. The molecule has 0 spiro atoms. The van der Waals surface area contributed by atoms with Gasteiger partial charge in [0.15, 0.2) is 5.78 Å². The van der Waals surface area contributed by atoms with E-state index in [1.165, 1.54) is 6.42 Å². The van der Waals surface area contributed by atoms with Gasteiger partial charge in [-0.25, -0.2) is 8.78 Å². The molecule has 3 heteroatoms. The lowest BCUT2D eigenvalue weighted by Crippen LogP contribution is -2.00. The van der Waals surface area contributed by atoms with E-state index in [-0.39, 0.29) is 11.3 Å². The molecule has 0 radical (unpaired) electrons. The lowest BCUT2D eigenvalue weighted by molar-refractivity contribution is 0.0978. The van der Waals surface area contributed by atoms with Crippen LogP contribution in [0.3, 0.4) is 0 Å². The zero-order chi connectivity index (χ0) is 12.7. The quantitative estimate of drug-likeness (QED) is 0.506. The van der Waals surface area contributed by atoms with Gasteiger partial charge in [0, 0.05) is 18.1 Å². The van der Waals surface area contributed by atoms with Crippen LogP contribution in [0.1, 0.15) is 55.8 Å². The van der Waals surface area contributed by atoms with Crippen molar-refractivity contribution in [2.24, 2.45) is 0 Å². The highest BCUT2D eigenvalue weighted by Gasteiger charge is 2.08. The third-order valence-corrected chi connectivity index (χ3v) is 2.69. The Morgan fingerprint density at radius 1 is 1.00 bits per heavy atom. The van der Waals surface area contributed by atoms with Crippen molar-refractivity contribution in [3.8, 4) is 0 Å². The van der Waals surface area contributed by atoms with E-state index >= 15 is 0 Å². The molecule has 1 rings (SSSR count). The van der Waals surface area contributed by atoms with Gasteiger partial charge in [-0.3, -0.25) is 4.79 Å². The predicted octanol–water partition coefficient (Wildman–Crippen LogP) is 4.51. The van der Waals surface area contributed by atoms with Crippen molar-refractivity contribution in [1.82, 2.24) is 0 Å². The number of halogens is 2. The number of carbonyl (C=O) groups is 1. The van der Waals surface area contributed by atoms with E-state index in [0.717, 1.165) is 43.9 Å². The topological polar surface area (TPSA) is 17.1 Å². The van der Waals surface area contributed by atoms with Gasteiger partial charge in [-0.05, 0) is 18.6 Å². The Bertz CT molecular complexity index is 354. The van der Waals surface area contributed by atoms with Crippen molar-refractivity contribution in [3.05, 3.63) is 35.4 Å². The SMILES string of the molecule is CCCCCCCC(=O)c1cc(F)cc(F)c1. The van der Waals surface area contributed by atoms with Crippen LogP contribution in [0.5, 0.6) is 0 Å². The van der Waals surface area contributed by atoms with E-state index in [0.29, 0.717) is 6.42 Å². The summed E-state index contributed by atoms with van der Waals surface area (Å²) in [5.41, 5.74) is 0.137. The zero-order valence-electron chi connectivity index (χ0n) is 10.1. The van der Waals surface area contributed by atoms with Crippen LogP contribution < -0.4 is 0 Å². The molecular formula is C14H18F2O. The molecule has 94 valence electrons. The fraction of sp³-hybridized carbons (Fsp3) is 0.500. The Hall–Kier alpha value is -1.25. The second-order valence-electron chi connectivity index (χ2n) is 4.25. The van der Waals surface area contributed by atoms with E-state index in [9.17, 15) is 13.6 Å². The van der Waals surface area contributed by atoms with Gasteiger partial charge in [0.1, 0.15) is 11.6 Å². The zero-order valence-corrected chi connectivity index (χ0v) is 10.1. The van der Waals surface area contributed by atoms with Crippen molar-refractivity contribution in [2.75, 3.05) is 0 Å². The molecule has 0 atom stereocenters. The Morgan fingerprint density at radius 2 is 1.59 bits per heavy atom. The fourth-order valence-electron chi connectivity index (χ4n) is 1.75. The molecule has 0 aromatic heterocycles. The van der Waals surface area contributed by atoms with Gasteiger partial charge in [0.2, 0.25) is 0 Å². The maximum atomic E-state index is 12.9. The Kier molecular flexibility index (Phi) is 5.81. The molecule has 0 aliphatic rings. The van der Waals surface area contributed by atoms with Gasteiger partial charge in [0.25, 0.3) is 0 Å². The number of unbranched alkanes of at least 4 members (excludes halogenated alkanes) is 4. The van der Waals surface area contributed by atoms with Crippen LogP contribution in [0.15, 0.2) is 18.2 Å². The van der Waals surface area contributed by atoms with Crippen LogP contribution in [0.2, 0.25) is 0 Å². The largest absolute Gasteiger partial charge is 0.294 e. The maximum absolute atomic E-state index is 12.9. The molecule has 0 amide bonds. The first-order chi connectivity index (χ1) is 8.13. The highest BCUT2D eigenvalue weighted by Crippen LogP contribution is 2.13. The Balaban J connectivity index is 2.41. The molecule has 0 heterocycles. The first kappa shape index (κ1) is 13.8. The highest BCUT2D eigenvalue weighted by atomic mass is 19.1. The van der Waals surface area contributed by atoms with Crippen LogP contribution in [-0.2, 0) is 0 Å². The molecule has 0 aliphatic carbocycles. The molecule has 1 aromatic carbocycles. The molecule has 1 nitrogen and oxygen atoms in total. The summed E-state index contributed by atoms with van der Waals surface area (Å²) < 4.78 is 25.8. The maximum Gasteiger partial charge on any atom is 0.163 e. The first-order valence-electron chi connectivity index (χ1n) is 6.12. The van der Waals surface area contributed by atoms with Gasteiger partial charge in [-0.15, -0.1) is 0 Å². The monoisotopic (exact) mass is 240 g/mol. The summed E-state index contributed by atoms with van der Waals surface area (Å²) in [6, 6.07) is 2.97.